The van der Waals surface area contributed by atoms with Crippen LogP contribution in [0.5, 0.6) is 0 Å². The molecule has 1 fully saturated rings. The van der Waals surface area contributed by atoms with E-state index in [-0.39, 0.29) is 0 Å². The molecular formula is C18H23NS2. The Kier molecular flexibility index (Phi) is 5.04. The van der Waals surface area contributed by atoms with Crippen molar-refractivity contribution in [3.05, 3.63) is 47.3 Å². The van der Waals surface area contributed by atoms with Crippen molar-refractivity contribution in [2.45, 2.75) is 37.0 Å². The molecule has 1 aromatic carbocycles. The quantitative estimate of drug-likeness (QED) is 0.788. The van der Waals surface area contributed by atoms with Gasteiger partial charge in [-0.15, -0.1) is 11.3 Å². The summed E-state index contributed by atoms with van der Waals surface area (Å²) in [5.74, 6) is 0. The van der Waals surface area contributed by atoms with Gasteiger partial charge >= 0.3 is 0 Å². The average Bonchev–Trinajstić information content (AvgIpc) is 3.18. The minimum absolute atomic E-state index is 0.500. The van der Waals surface area contributed by atoms with Crippen molar-refractivity contribution in [2.24, 2.45) is 0 Å². The third-order valence-electron chi connectivity index (χ3n) is 4.41. The SMILES string of the molecule is CSC1(CNCc2ccc(-c3ccccc3)s2)CCCC1. The normalized spacial score (nSPS) is 17.2. The predicted octanol–water partition coefficient (Wildman–Crippen LogP) is 5.18. The minimum Gasteiger partial charge on any atom is -0.310 e. The molecule has 0 atom stereocenters. The second-order valence-electron chi connectivity index (χ2n) is 5.83. The van der Waals surface area contributed by atoms with Gasteiger partial charge in [0, 0.05) is 27.6 Å². The molecule has 3 rings (SSSR count). The Morgan fingerprint density at radius 3 is 2.57 bits per heavy atom. The summed E-state index contributed by atoms with van der Waals surface area (Å²) in [6.07, 6.45) is 7.83. The van der Waals surface area contributed by atoms with Crippen LogP contribution in [-0.4, -0.2) is 17.5 Å². The summed E-state index contributed by atoms with van der Waals surface area (Å²) in [6.45, 7) is 2.15. The van der Waals surface area contributed by atoms with Gasteiger partial charge in [-0.25, -0.2) is 0 Å². The van der Waals surface area contributed by atoms with Gasteiger partial charge in [0.25, 0.3) is 0 Å². The lowest BCUT2D eigenvalue weighted by molar-refractivity contribution is 0.536. The smallest absolute Gasteiger partial charge is 0.0346 e. The highest BCUT2D eigenvalue weighted by molar-refractivity contribution is 8.00. The first kappa shape index (κ1) is 15.1. The molecule has 0 bridgehead atoms. The standard InChI is InChI=1S/C18H23NS2/c1-20-18(11-5-6-12-18)14-19-13-16-9-10-17(21-16)15-7-3-2-4-8-15/h2-4,7-10,19H,5-6,11-14H2,1H3. The van der Waals surface area contributed by atoms with Crippen LogP contribution in [0.2, 0.25) is 0 Å². The number of nitrogens with one attached hydrogen (secondary N) is 1. The molecule has 0 radical (unpaired) electrons. The lowest BCUT2D eigenvalue weighted by atomic mass is 10.1. The monoisotopic (exact) mass is 317 g/mol. The first-order chi connectivity index (χ1) is 10.3. The molecule has 112 valence electrons. The van der Waals surface area contributed by atoms with E-state index < -0.39 is 0 Å². The number of hydrogen-bond acceptors (Lipinski definition) is 3. The molecule has 1 heterocycles. The van der Waals surface area contributed by atoms with Crippen molar-refractivity contribution in [2.75, 3.05) is 12.8 Å². The maximum Gasteiger partial charge on any atom is 0.0346 e. The van der Waals surface area contributed by atoms with Gasteiger partial charge in [0.15, 0.2) is 0 Å². The van der Waals surface area contributed by atoms with Crippen LogP contribution >= 0.6 is 23.1 Å². The average molecular weight is 318 g/mol. The third kappa shape index (κ3) is 3.71. The highest BCUT2D eigenvalue weighted by Crippen LogP contribution is 2.39. The zero-order chi connectivity index (χ0) is 14.5. The molecule has 1 saturated carbocycles. The van der Waals surface area contributed by atoms with E-state index in [0.29, 0.717) is 4.75 Å². The van der Waals surface area contributed by atoms with Gasteiger partial charge in [-0.2, -0.15) is 11.8 Å². The van der Waals surface area contributed by atoms with E-state index in [1.807, 2.05) is 11.3 Å². The molecule has 1 aliphatic rings. The summed E-state index contributed by atoms with van der Waals surface area (Å²) in [6, 6.07) is 15.2. The Hall–Kier alpha value is -0.770. The van der Waals surface area contributed by atoms with Crippen LogP contribution in [0.4, 0.5) is 0 Å². The summed E-state index contributed by atoms with van der Waals surface area (Å²) < 4.78 is 0.500. The zero-order valence-corrected chi connectivity index (χ0v) is 14.2. The Morgan fingerprint density at radius 2 is 1.86 bits per heavy atom. The minimum atomic E-state index is 0.500. The third-order valence-corrected chi connectivity index (χ3v) is 6.97. The van der Waals surface area contributed by atoms with Crippen LogP contribution in [0.1, 0.15) is 30.6 Å². The molecule has 0 amide bonds. The molecule has 1 N–H and O–H groups in total. The lowest BCUT2D eigenvalue weighted by Gasteiger charge is -2.26. The fourth-order valence-corrected chi connectivity index (χ4v) is 5.04. The van der Waals surface area contributed by atoms with Gasteiger partial charge in [0.1, 0.15) is 0 Å². The summed E-state index contributed by atoms with van der Waals surface area (Å²) in [5.41, 5.74) is 1.32. The zero-order valence-electron chi connectivity index (χ0n) is 12.6. The molecule has 0 spiro atoms. The molecule has 2 aromatic rings. The number of hydrogen-bond donors (Lipinski definition) is 1. The molecular weight excluding hydrogens is 294 g/mol. The van der Waals surface area contributed by atoms with E-state index in [1.165, 1.54) is 41.0 Å². The summed E-state index contributed by atoms with van der Waals surface area (Å²) in [7, 11) is 0. The molecule has 3 heteroatoms. The molecule has 0 saturated heterocycles. The van der Waals surface area contributed by atoms with Gasteiger partial charge in [0.2, 0.25) is 0 Å². The van der Waals surface area contributed by atoms with Crippen LogP contribution < -0.4 is 5.32 Å². The maximum absolute atomic E-state index is 3.69. The van der Waals surface area contributed by atoms with Gasteiger partial charge < -0.3 is 5.32 Å². The lowest BCUT2D eigenvalue weighted by Crippen LogP contribution is -2.34. The van der Waals surface area contributed by atoms with Crippen molar-refractivity contribution >= 4 is 23.1 Å². The summed E-state index contributed by atoms with van der Waals surface area (Å²) in [4.78, 5) is 2.80. The fourth-order valence-electron chi connectivity index (χ4n) is 3.12. The molecule has 1 aliphatic carbocycles. The van der Waals surface area contributed by atoms with Crippen molar-refractivity contribution in [3.8, 4) is 10.4 Å². The molecule has 21 heavy (non-hydrogen) atoms. The van der Waals surface area contributed by atoms with Crippen LogP contribution in [-0.2, 0) is 6.54 Å². The number of thioether (sulfide) groups is 1. The summed E-state index contributed by atoms with van der Waals surface area (Å²) >= 11 is 3.96. The topological polar surface area (TPSA) is 12.0 Å². The highest BCUT2D eigenvalue weighted by Gasteiger charge is 2.32. The second kappa shape index (κ2) is 6.99. The Bertz CT molecular complexity index is 556. The molecule has 0 aliphatic heterocycles. The van der Waals surface area contributed by atoms with Crippen molar-refractivity contribution in [1.29, 1.82) is 0 Å². The molecule has 0 unspecified atom stereocenters. The largest absolute Gasteiger partial charge is 0.310 e. The number of rotatable bonds is 6. The van der Waals surface area contributed by atoms with E-state index in [1.54, 1.807) is 0 Å². The number of thiophene rings is 1. The Labute approximate surface area is 136 Å². The van der Waals surface area contributed by atoms with Crippen molar-refractivity contribution < 1.29 is 0 Å². The first-order valence-electron chi connectivity index (χ1n) is 7.71. The van der Waals surface area contributed by atoms with E-state index >= 15 is 0 Å². The molecule has 1 aromatic heterocycles. The van der Waals surface area contributed by atoms with Gasteiger partial charge in [-0.05, 0) is 36.8 Å². The van der Waals surface area contributed by atoms with E-state index in [0.717, 1.165) is 13.1 Å². The Morgan fingerprint density at radius 1 is 1.10 bits per heavy atom. The van der Waals surface area contributed by atoms with Gasteiger partial charge in [-0.1, -0.05) is 43.2 Å². The number of benzene rings is 1. The van der Waals surface area contributed by atoms with Crippen LogP contribution in [0.25, 0.3) is 10.4 Å². The maximum atomic E-state index is 3.69. The van der Waals surface area contributed by atoms with Crippen molar-refractivity contribution in [3.63, 3.8) is 0 Å². The van der Waals surface area contributed by atoms with E-state index in [4.69, 9.17) is 0 Å². The van der Waals surface area contributed by atoms with Crippen molar-refractivity contribution in [1.82, 2.24) is 5.32 Å². The van der Waals surface area contributed by atoms with Crippen LogP contribution in [0, 0.1) is 0 Å². The first-order valence-corrected chi connectivity index (χ1v) is 9.75. The van der Waals surface area contributed by atoms with E-state index in [9.17, 15) is 0 Å². The fraction of sp³-hybridized carbons (Fsp3) is 0.444. The summed E-state index contributed by atoms with van der Waals surface area (Å²) in [5, 5.41) is 3.69. The predicted molar refractivity (Wildman–Crippen MR) is 96.2 cm³/mol. The van der Waals surface area contributed by atoms with Crippen LogP contribution in [0.15, 0.2) is 42.5 Å². The second-order valence-corrected chi connectivity index (χ2v) is 8.27. The van der Waals surface area contributed by atoms with Gasteiger partial charge in [0.05, 0.1) is 0 Å². The van der Waals surface area contributed by atoms with E-state index in [2.05, 4.69) is 65.8 Å². The highest BCUT2D eigenvalue weighted by atomic mass is 32.2. The van der Waals surface area contributed by atoms with Gasteiger partial charge in [-0.3, -0.25) is 0 Å². The molecule has 1 nitrogen and oxygen atoms in total. The van der Waals surface area contributed by atoms with Crippen LogP contribution in [0.3, 0.4) is 0 Å². The Balaban J connectivity index is 1.56.